The van der Waals surface area contributed by atoms with Crippen molar-refractivity contribution >= 4 is 28.8 Å². The van der Waals surface area contributed by atoms with E-state index in [2.05, 4.69) is 9.97 Å². The Morgan fingerprint density at radius 2 is 2.15 bits per heavy atom. The second-order valence-corrected chi connectivity index (χ2v) is 4.86. The molecule has 2 aromatic rings. The Kier molecular flexibility index (Phi) is 3.30. The monoisotopic (exact) mass is 284 g/mol. The molecule has 0 atom stereocenters. The van der Waals surface area contributed by atoms with Gasteiger partial charge in [-0.2, -0.15) is 0 Å². The predicted octanol–water partition coefficient (Wildman–Crippen LogP) is 1.08. The van der Waals surface area contributed by atoms with Crippen LogP contribution >= 0.6 is 11.3 Å². The van der Waals surface area contributed by atoms with Crippen molar-refractivity contribution in [3.05, 3.63) is 58.7 Å². The highest BCUT2D eigenvalue weighted by Gasteiger charge is 2.21. The van der Waals surface area contributed by atoms with Crippen LogP contribution in [0.2, 0.25) is 0 Å². The number of nitrogens with zero attached hydrogens (tertiary/aromatic N) is 3. The van der Waals surface area contributed by atoms with Gasteiger partial charge in [-0.15, -0.1) is 11.3 Å². The van der Waals surface area contributed by atoms with E-state index in [1.165, 1.54) is 11.3 Å². The van der Waals surface area contributed by atoms with Crippen LogP contribution in [0.4, 0.5) is 5.82 Å². The molecule has 0 aromatic carbocycles. The second kappa shape index (κ2) is 5.26. The average Bonchev–Trinajstić information content (AvgIpc) is 3.01. The predicted molar refractivity (Wildman–Crippen MR) is 74.8 cm³/mol. The summed E-state index contributed by atoms with van der Waals surface area (Å²) in [6.45, 7) is 0.568. The number of pyridine rings is 1. The molecule has 100 valence electrons. The quantitative estimate of drug-likeness (QED) is 0.843. The first-order valence-corrected chi connectivity index (χ1v) is 6.90. The van der Waals surface area contributed by atoms with Gasteiger partial charge in [0.05, 0.1) is 17.2 Å². The van der Waals surface area contributed by atoms with Gasteiger partial charge in [-0.3, -0.25) is 4.98 Å². The van der Waals surface area contributed by atoms with Crippen LogP contribution in [0.5, 0.6) is 0 Å². The van der Waals surface area contributed by atoms with Crippen LogP contribution in [0.15, 0.2) is 53.1 Å². The molecular formula is C14H10N3O2S-. The largest absolute Gasteiger partial charge is 0.545 e. The summed E-state index contributed by atoms with van der Waals surface area (Å²) in [5.41, 5.74) is 3.23. The van der Waals surface area contributed by atoms with Crippen molar-refractivity contribution in [2.75, 3.05) is 11.4 Å². The van der Waals surface area contributed by atoms with Gasteiger partial charge in [-0.1, -0.05) is 12.2 Å². The molecule has 3 heterocycles. The van der Waals surface area contributed by atoms with Gasteiger partial charge < -0.3 is 14.8 Å². The fourth-order valence-electron chi connectivity index (χ4n) is 2.12. The summed E-state index contributed by atoms with van der Waals surface area (Å²) in [6, 6.07) is 3.55. The lowest BCUT2D eigenvalue weighted by molar-refractivity contribution is -0.298. The maximum Gasteiger partial charge on any atom is 0.144 e. The third-order valence-electron chi connectivity index (χ3n) is 2.97. The van der Waals surface area contributed by atoms with Crippen molar-refractivity contribution in [3.63, 3.8) is 0 Å². The molecule has 0 spiro atoms. The van der Waals surface area contributed by atoms with Crippen LogP contribution in [-0.2, 0) is 4.79 Å². The van der Waals surface area contributed by atoms with Crippen LogP contribution in [0, 0.1) is 0 Å². The highest BCUT2D eigenvalue weighted by molar-refractivity contribution is 7.07. The molecule has 0 amide bonds. The molecule has 5 nitrogen and oxygen atoms in total. The van der Waals surface area contributed by atoms with Crippen LogP contribution in [-0.4, -0.2) is 22.5 Å². The minimum atomic E-state index is -1.20. The van der Waals surface area contributed by atoms with E-state index < -0.39 is 5.97 Å². The standard InChI is InChI=1S/C14H11N3O2S/c18-14(19)11-2-1-7-17(12-8-20-9-16-12)13(11)10-3-5-15-6-4-10/h1-6,8-9H,7H2,(H,18,19)/p-1. The molecule has 0 saturated heterocycles. The van der Waals surface area contributed by atoms with Gasteiger partial charge in [0.25, 0.3) is 0 Å². The SMILES string of the molecule is O=C([O-])C1=C(c2ccncc2)N(c2cscn2)CC=C1. The van der Waals surface area contributed by atoms with Gasteiger partial charge in [-0.25, -0.2) is 4.98 Å². The minimum Gasteiger partial charge on any atom is -0.545 e. The molecule has 0 N–H and O–H groups in total. The summed E-state index contributed by atoms with van der Waals surface area (Å²) < 4.78 is 0. The van der Waals surface area contributed by atoms with E-state index in [1.807, 2.05) is 10.3 Å². The van der Waals surface area contributed by atoms with Crippen LogP contribution in [0.1, 0.15) is 5.56 Å². The van der Waals surface area contributed by atoms with E-state index in [4.69, 9.17) is 0 Å². The number of hydrogen-bond donors (Lipinski definition) is 0. The maximum atomic E-state index is 11.4. The van der Waals surface area contributed by atoms with Crippen LogP contribution < -0.4 is 10.0 Å². The second-order valence-electron chi connectivity index (χ2n) is 4.15. The van der Waals surface area contributed by atoms with Gasteiger partial charge in [-0.05, 0) is 12.1 Å². The van der Waals surface area contributed by atoms with Gasteiger partial charge >= 0.3 is 0 Å². The number of hydrogen-bond acceptors (Lipinski definition) is 6. The molecule has 0 radical (unpaired) electrons. The van der Waals surface area contributed by atoms with Gasteiger partial charge in [0.2, 0.25) is 0 Å². The fourth-order valence-corrected chi connectivity index (χ4v) is 2.66. The summed E-state index contributed by atoms with van der Waals surface area (Å²) in [6.07, 6.45) is 6.63. The Hall–Kier alpha value is -2.47. The molecule has 6 heteroatoms. The highest BCUT2D eigenvalue weighted by atomic mass is 32.1. The number of aromatic nitrogens is 2. The first-order valence-electron chi connectivity index (χ1n) is 5.95. The third kappa shape index (κ3) is 2.21. The molecule has 0 unspecified atom stereocenters. The van der Waals surface area contributed by atoms with Crippen LogP contribution in [0.3, 0.4) is 0 Å². The summed E-state index contributed by atoms with van der Waals surface area (Å²) in [4.78, 5) is 21.5. The van der Waals surface area contributed by atoms with Crippen molar-refractivity contribution in [2.24, 2.45) is 0 Å². The minimum absolute atomic E-state index is 0.149. The Bertz CT molecular complexity index is 678. The Morgan fingerprint density at radius 3 is 2.80 bits per heavy atom. The maximum absolute atomic E-state index is 11.4. The Labute approximate surface area is 119 Å². The topological polar surface area (TPSA) is 69.2 Å². The summed E-state index contributed by atoms with van der Waals surface area (Å²) >= 11 is 1.47. The molecule has 1 aliphatic heterocycles. The molecule has 2 aromatic heterocycles. The molecule has 1 aliphatic rings. The summed E-state index contributed by atoms with van der Waals surface area (Å²) in [5, 5.41) is 13.3. The van der Waals surface area contributed by atoms with E-state index in [9.17, 15) is 9.90 Å². The number of carboxylic acid groups (broad SMARTS) is 1. The zero-order chi connectivity index (χ0) is 13.9. The summed E-state index contributed by atoms with van der Waals surface area (Å²) in [7, 11) is 0. The molecule has 0 fully saturated rings. The fraction of sp³-hybridized carbons (Fsp3) is 0.0714. The Balaban J connectivity index is 2.17. The van der Waals surface area contributed by atoms with E-state index in [-0.39, 0.29) is 5.57 Å². The molecule has 0 aliphatic carbocycles. The molecule has 3 rings (SSSR count). The van der Waals surface area contributed by atoms with Crippen molar-refractivity contribution in [1.29, 1.82) is 0 Å². The van der Waals surface area contributed by atoms with Gasteiger partial charge in [0, 0.05) is 35.5 Å². The number of carbonyl (C=O) groups excluding carboxylic acids is 1. The number of carbonyl (C=O) groups is 1. The van der Waals surface area contributed by atoms with Gasteiger partial charge in [0.15, 0.2) is 0 Å². The summed E-state index contributed by atoms with van der Waals surface area (Å²) in [5.74, 6) is -0.474. The van der Waals surface area contributed by atoms with Crippen molar-refractivity contribution in [2.45, 2.75) is 0 Å². The molecule has 0 bridgehead atoms. The van der Waals surface area contributed by atoms with Crippen molar-refractivity contribution in [3.8, 4) is 0 Å². The lowest BCUT2D eigenvalue weighted by atomic mass is 10.0. The normalized spacial score (nSPS) is 14.7. The third-order valence-corrected chi connectivity index (χ3v) is 3.54. The van der Waals surface area contributed by atoms with E-state index in [1.54, 1.807) is 42.2 Å². The zero-order valence-electron chi connectivity index (χ0n) is 10.4. The molecule has 20 heavy (non-hydrogen) atoms. The molecule has 0 saturated carbocycles. The molecular weight excluding hydrogens is 274 g/mol. The Morgan fingerprint density at radius 1 is 1.35 bits per heavy atom. The number of rotatable bonds is 3. The van der Waals surface area contributed by atoms with Crippen molar-refractivity contribution in [1.82, 2.24) is 9.97 Å². The first kappa shape index (κ1) is 12.6. The highest BCUT2D eigenvalue weighted by Crippen LogP contribution is 2.31. The first-order chi connectivity index (χ1) is 9.77. The number of aliphatic carboxylic acids is 1. The average molecular weight is 284 g/mol. The van der Waals surface area contributed by atoms with Crippen molar-refractivity contribution < 1.29 is 9.90 Å². The number of anilines is 1. The van der Waals surface area contributed by atoms with E-state index in [0.717, 1.165) is 11.4 Å². The van der Waals surface area contributed by atoms with Gasteiger partial charge in [0.1, 0.15) is 5.82 Å². The lowest BCUT2D eigenvalue weighted by Gasteiger charge is -2.29. The van der Waals surface area contributed by atoms with E-state index in [0.29, 0.717) is 12.2 Å². The van der Waals surface area contributed by atoms with Crippen LogP contribution in [0.25, 0.3) is 5.70 Å². The zero-order valence-corrected chi connectivity index (χ0v) is 11.2. The number of thiazole rings is 1. The lowest BCUT2D eigenvalue weighted by Crippen LogP contribution is -2.32. The smallest absolute Gasteiger partial charge is 0.144 e. The van der Waals surface area contributed by atoms with E-state index >= 15 is 0 Å². The number of carboxylic acids is 1.